The standard InChI is InChI=1S/C55H35NO/c1-2-14-36(15-3-1)37-26-28-38(29-27-37)56(40-31-33-54-48(35-40)46-21-9-13-25-53(46)57-54)39-30-32-52-47(34-39)42-17-5-4-16-41(42)43-18-6-10-22-49(43)55(52)50-23-11-7-19-44(50)45-20-8-12-24-51(45)55/h1-35H. The third-order valence-electron chi connectivity index (χ3n) is 12.3. The Bertz CT molecular complexity index is 3140. The molecule has 1 spiro atoms. The molecule has 0 saturated heterocycles. The van der Waals surface area contributed by atoms with E-state index in [1.807, 2.05) is 12.1 Å². The summed E-state index contributed by atoms with van der Waals surface area (Å²) in [4.78, 5) is 2.40. The van der Waals surface area contributed by atoms with E-state index in [1.54, 1.807) is 0 Å². The molecule has 9 aromatic carbocycles. The van der Waals surface area contributed by atoms with Crippen LogP contribution >= 0.6 is 0 Å². The van der Waals surface area contributed by atoms with Crippen molar-refractivity contribution in [3.05, 3.63) is 235 Å². The summed E-state index contributed by atoms with van der Waals surface area (Å²) in [5, 5.41) is 2.21. The summed E-state index contributed by atoms with van der Waals surface area (Å²) in [7, 11) is 0. The molecule has 10 aromatic rings. The molecule has 2 aliphatic rings. The van der Waals surface area contributed by atoms with E-state index in [2.05, 4.69) is 205 Å². The van der Waals surface area contributed by atoms with Gasteiger partial charge in [-0.3, -0.25) is 0 Å². The van der Waals surface area contributed by atoms with Crippen LogP contribution in [-0.2, 0) is 5.41 Å². The summed E-state index contributed by atoms with van der Waals surface area (Å²) in [6, 6.07) is 77.8. The number of fused-ring (bicyclic) bond motifs is 15. The monoisotopic (exact) mass is 725 g/mol. The molecule has 266 valence electrons. The molecular weight excluding hydrogens is 691 g/mol. The lowest BCUT2D eigenvalue weighted by Gasteiger charge is -2.36. The smallest absolute Gasteiger partial charge is 0.135 e. The van der Waals surface area contributed by atoms with Gasteiger partial charge in [-0.15, -0.1) is 0 Å². The number of benzene rings is 9. The maximum atomic E-state index is 6.31. The Balaban J connectivity index is 1.14. The normalized spacial score (nSPS) is 13.1. The Labute approximate surface area is 331 Å². The van der Waals surface area contributed by atoms with Crippen molar-refractivity contribution in [2.24, 2.45) is 0 Å². The molecule has 0 fully saturated rings. The van der Waals surface area contributed by atoms with Gasteiger partial charge in [0.25, 0.3) is 0 Å². The predicted molar refractivity (Wildman–Crippen MR) is 236 cm³/mol. The van der Waals surface area contributed by atoms with Gasteiger partial charge in [0.2, 0.25) is 0 Å². The van der Waals surface area contributed by atoms with Gasteiger partial charge in [-0.05, 0) is 115 Å². The second-order valence-electron chi connectivity index (χ2n) is 15.2. The average Bonchev–Trinajstić information content (AvgIpc) is 3.77. The maximum Gasteiger partial charge on any atom is 0.135 e. The molecule has 2 nitrogen and oxygen atoms in total. The molecule has 0 unspecified atom stereocenters. The fourth-order valence-corrected chi connectivity index (χ4v) is 9.91. The van der Waals surface area contributed by atoms with E-state index >= 15 is 0 Å². The van der Waals surface area contributed by atoms with E-state index in [-0.39, 0.29) is 0 Å². The highest BCUT2D eigenvalue weighted by Gasteiger charge is 2.49. The van der Waals surface area contributed by atoms with Crippen LogP contribution in [-0.4, -0.2) is 0 Å². The number of para-hydroxylation sites is 1. The second-order valence-corrected chi connectivity index (χ2v) is 15.2. The number of rotatable bonds is 4. The molecule has 57 heavy (non-hydrogen) atoms. The Morgan fingerprint density at radius 3 is 1.44 bits per heavy atom. The van der Waals surface area contributed by atoms with Crippen molar-refractivity contribution in [1.82, 2.24) is 0 Å². The predicted octanol–water partition coefficient (Wildman–Crippen LogP) is 14.7. The summed E-state index contributed by atoms with van der Waals surface area (Å²) in [5.74, 6) is 0. The lowest BCUT2D eigenvalue weighted by Crippen LogP contribution is -2.29. The van der Waals surface area contributed by atoms with Gasteiger partial charge in [0.05, 0.1) is 5.41 Å². The fourth-order valence-electron chi connectivity index (χ4n) is 9.91. The van der Waals surface area contributed by atoms with E-state index in [0.717, 1.165) is 39.0 Å². The molecule has 0 N–H and O–H groups in total. The van der Waals surface area contributed by atoms with E-state index in [0.29, 0.717) is 0 Å². The average molecular weight is 726 g/mol. The Morgan fingerprint density at radius 1 is 0.298 bits per heavy atom. The Morgan fingerprint density at radius 2 is 0.754 bits per heavy atom. The van der Waals surface area contributed by atoms with Crippen molar-refractivity contribution in [2.45, 2.75) is 5.41 Å². The van der Waals surface area contributed by atoms with Crippen molar-refractivity contribution < 1.29 is 4.42 Å². The topological polar surface area (TPSA) is 16.4 Å². The zero-order valence-electron chi connectivity index (χ0n) is 31.1. The van der Waals surface area contributed by atoms with Gasteiger partial charge in [-0.2, -0.15) is 0 Å². The SMILES string of the molecule is c1ccc(-c2ccc(N(c3ccc4c(c3)-c3ccccc3-c3ccccc3C43c4ccccc4-c4ccccc43)c3ccc4oc5ccccc5c4c3)cc2)cc1. The first-order valence-corrected chi connectivity index (χ1v) is 19.7. The molecule has 12 rings (SSSR count). The van der Waals surface area contributed by atoms with E-state index in [4.69, 9.17) is 4.42 Å². The molecule has 2 heteroatoms. The minimum Gasteiger partial charge on any atom is -0.456 e. The van der Waals surface area contributed by atoms with Crippen molar-refractivity contribution in [1.29, 1.82) is 0 Å². The zero-order valence-corrected chi connectivity index (χ0v) is 31.1. The maximum absolute atomic E-state index is 6.31. The quantitative estimate of drug-likeness (QED) is 0.180. The van der Waals surface area contributed by atoms with Crippen LogP contribution in [0.25, 0.3) is 66.4 Å². The molecule has 0 radical (unpaired) electrons. The zero-order chi connectivity index (χ0) is 37.5. The van der Waals surface area contributed by atoms with Crippen LogP contribution in [0.2, 0.25) is 0 Å². The van der Waals surface area contributed by atoms with E-state index < -0.39 is 5.41 Å². The molecule has 1 heterocycles. The van der Waals surface area contributed by atoms with Crippen LogP contribution in [0.3, 0.4) is 0 Å². The summed E-state index contributed by atoms with van der Waals surface area (Å²) < 4.78 is 6.31. The van der Waals surface area contributed by atoms with Crippen molar-refractivity contribution >= 4 is 39.0 Å². The Hall–Kier alpha value is -7.42. The van der Waals surface area contributed by atoms with Gasteiger partial charge in [0.1, 0.15) is 11.2 Å². The lowest BCUT2D eigenvalue weighted by atomic mass is 9.66. The van der Waals surface area contributed by atoms with Crippen LogP contribution in [0.4, 0.5) is 17.1 Å². The fraction of sp³-hybridized carbons (Fsp3) is 0.0182. The minimum atomic E-state index is -0.520. The van der Waals surface area contributed by atoms with Crippen molar-refractivity contribution in [3.8, 4) is 44.5 Å². The van der Waals surface area contributed by atoms with Gasteiger partial charge in [-0.25, -0.2) is 0 Å². The highest BCUT2D eigenvalue weighted by molar-refractivity contribution is 6.07. The first kappa shape index (κ1) is 31.9. The molecule has 2 aliphatic carbocycles. The lowest BCUT2D eigenvalue weighted by molar-refractivity contribution is 0.669. The number of anilines is 3. The molecule has 1 aromatic heterocycles. The van der Waals surface area contributed by atoms with Crippen LogP contribution < -0.4 is 4.90 Å². The van der Waals surface area contributed by atoms with Crippen molar-refractivity contribution in [2.75, 3.05) is 4.90 Å². The molecule has 0 amide bonds. The summed E-state index contributed by atoms with van der Waals surface area (Å²) >= 11 is 0. The number of hydrogen-bond donors (Lipinski definition) is 0. The first-order valence-electron chi connectivity index (χ1n) is 19.7. The molecular formula is C55H35NO. The molecule has 0 aliphatic heterocycles. The highest BCUT2D eigenvalue weighted by atomic mass is 16.3. The largest absolute Gasteiger partial charge is 0.456 e. The minimum absolute atomic E-state index is 0.520. The number of furan rings is 1. The van der Waals surface area contributed by atoms with Crippen LogP contribution in [0.5, 0.6) is 0 Å². The van der Waals surface area contributed by atoms with E-state index in [9.17, 15) is 0 Å². The summed E-state index contributed by atoms with van der Waals surface area (Å²) in [5.41, 5.74) is 19.7. The number of nitrogens with zero attached hydrogens (tertiary/aromatic N) is 1. The molecule has 0 saturated carbocycles. The Kier molecular flexibility index (Phi) is 6.88. The number of hydrogen-bond acceptors (Lipinski definition) is 2. The summed E-state index contributed by atoms with van der Waals surface area (Å²) in [6.45, 7) is 0. The van der Waals surface area contributed by atoms with Gasteiger partial charge < -0.3 is 9.32 Å². The van der Waals surface area contributed by atoms with Crippen LogP contribution in [0.15, 0.2) is 217 Å². The highest BCUT2D eigenvalue weighted by Crippen LogP contribution is 2.61. The first-order chi connectivity index (χ1) is 28.3. The third kappa shape index (κ3) is 4.59. The third-order valence-corrected chi connectivity index (χ3v) is 12.3. The van der Waals surface area contributed by atoms with Gasteiger partial charge in [-0.1, -0.05) is 164 Å². The van der Waals surface area contributed by atoms with Crippen LogP contribution in [0.1, 0.15) is 22.3 Å². The van der Waals surface area contributed by atoms with Gasteiger partial charge in [0.15, 0.2) is 0 Å². The second kappa shape index (κ2) is 12.3. The summed E-state index contributed by atoms with van der Waals surface area (Å²) in [6.07, 6.45) is 0. The van der Waals surface area contributed by atoms with Crippen molar-refractivity contribution in [3.63, 3.8) is 0 Å². The van der Waals surface area contributed by atoms with E-state index in [1.165, 1.54) is 66.8 Å². The van der Waals surface area contributed by atoms with Gasteiger partial charge in [0, 0.05) is 27.8 Å². The van der Waals surface area contributed by atoms with Gasteiger partial charge >= 0.3 is 0 Å². The van der Waals surface area contributed by atoms with Crippen LogP contribution in [0, 0.1) is 0 Å². The molecule has 0 bridgehead atoms. The molecule has 0 atom stereocenters.